The van der Waals surface area contributed by atoms with Gasteiger partial charge in [-0.2, -0.15) is 5.01 Å². The Hall–Kier alpha value is -3.10. The maximum atomic E-state index is 13.1. The number of rotatable bonds is 4. The molecule has 1 heterocycles. The standard InChI is InChI=1S/C23H24ClN5O2S/c24-17-13-11-16(12-14-17)20-15-32-23(27-20)29(22(31)26-19-9-5-2-6-10-19)28-21(30)25-18-7-3-1-4-8-18/h2,5-6,9-15,18H,1,3-4,7-8H2,(H,26,31)(H2,25,28,30). The van der Waals surface area contributed by atoms with E-state index in [4.69, 9.17) is 11.6 Å². The highest BCUT2D eigenvalue weighted by molar-refractivity contribution is 7.14. The van der Waals surface area contributed by atoms with Crippen molar-refractivity contribution in [2.45, 2.75) is 38.1 Å². The number of hydrogen-bond acceptors (Lipinski definition) is 4. The number of nitrogens with one attached hydrogen (secondary N) is 3. The van der Waals surface area contributed by atoms with Crippen LogP contribution in [0.15, 0.2) is 60.0 Å². The molecule has 1 fully saturated rings. The number of hydrogen-bond donors (Lipinski definition) is 3. The molecule has 1 aromatic heterocycles. The topological polar surface area (TPSA) is 86.4 Å². The Balaban J connectivity index is 1.53. The zero-order chi connectivity index (χ0) is 22.3. The summed E-state index contributed by atoms with van der Waals surface area (Å²) in [6.07, 6.45) is 5.28. The van der Waals surface area contributed by atoms with Crippen LogP contribution >= 0.6 is 22.9 Å². The van der Waals surface area contributed by atoms with E-state index in [1.54, 1.807) is 24.3 Å². The smallest absolute Gasteiger partial charge is 0.334 e. The van der Waals surface area contributed by atoms with Crippen LogP contribution in [0.4, 0.5) is 20.4 Å². The van der Waals surface area contributed by atoms with Crippen molar-refractivity contribution in [2.75, 3.05) is 10.3 Å². The second kappa shape index (κ2) is 10.5. The fourth-order valence-corrected chi connectivity index (χ4v) is 4.49. The lowest BCUT2D eigenvalue weighted by molar-refractivity contribution is 0.228. The number of hydrazine groups is 1. The van der Waals surface area contributed by atoms with Crippen molar-refractivity contribution in [2.24, 2.45) is 0 Å². The van der Waals surface area contributed by atoms with Crippen molar-refractivity contribution < 1.29 is 9.59 Å². The summed E-state index contributed by atoms with van der Waals surface area (Å²) in [5.41, 5.74) is 4.85. The van der Waals surface area contributed by atoms with E-state index in [1.165, 1.54) is 17.8 Å². The molecular weight excluding hydrogens is 446 g/mol. The Morgan fingerprint density at radius 1 is 1.00 bits per heavy atom. The second-order valence-corrected chi connectivity index (χ2v) is 8.85. The lowest BCUT2D eigenvalue weighted by Crippen LogP contribution is -2.54. The minimum absolute atomic E-state index is 0.115. The van der Waals surface area contributed by atoms with Gasteiger partial charge in [-0.05, 0) is 37.1 Å². The van der Waals surface area contributed by atoms with E-state index < -0.39 is 12.1 Å². The minimum atomic E-state index is -0.507. The Labute approximate surface area is 195 Å². The number of aromatic nitrogens is 1. The van der Waals surface area contributed by atoms with Gasteiger partial charge in [-0.1, -0.05) is 61.2 Å². The van der Waals surface area contributed by atoms with Gasteiger partial charge < -0.3 is 10.6 Å². The van der Waals surface area contributed by atoms with Gasteiger partial charge in [0.2, 0.25) is 5.13 Å². The summed E-state index contributed by atoms with van der Waals surface area (Å²) >= 11 is 7.24. The molecule has 0 radical (unpaired) electrons. The molecular formula is C23H24ClN5O2S. The first-order valence-electron chi connectivity index (χ1n) is 10.5. The van der Waals surface area contributed by atoms with Crippen LogP contribution in [0.2, 0.25) is 5.02 Å². The summed E-state index contributed by atoms with van der Waals surface area (Å²) < 4.78 is 0. The summed E-state index contributed by atoms with van der Waals surface area (Å²) in [4.78, 5) is 30.3. The van der Waals surface area contributed by atoms with E-state index in [9.17, 15) is 9.59 Å². The highest BCUT2D eigenvalue weighted by Gasteiger charge is 2.24. The van der Waals surface area contributed by atoms with Crippen LogP contribution < -0.4 is 21.1 Å². The number of carbonyl (C=O) groups is 2. The highest BCUT2D eigenvalue weighted by Crippen LogP contribution is 2.28. The third kappa shape index (κ3) is 5.77. The predicted octanol–water partition coefficient (Wildman–Crippen LogP) is 6.05. The van der Waals surface area contributed by atoms with Gasteiger partial charge in [-0.25, -0.2) is 20.0 Å². The number of thiazole rings is 1. The lowest BCUT2D eigenvalue weighted by atomic mass is 9.96. The van der Waals surface area contributed by atoms with Crippen molar-refractivity contribution in [3.8, 4) is 11.3 Å². The van der Waals surface area contributed by atoms with Crippen LogP contribution in [0.25, 0.3) is 11.3 Å². The summed E-state index contributed by atoms with van der Waals surface area (Å²) in [5.74, 6) is 0. The number of para-hydroxylation sites is 1. The first kappa shape index (κ1) is 22.1. The normalized spacial score (nSPS) is 13.9. The van der Waals surface area contributed by atoms with Crippen molar-refractivity contribution in [1.82, 2.24) is 15.7 Å². The molecule has 0 atom stereocenters. The van der Waals surface area contributed by atoms with Crippen LogP contribution in [0.5, 0.6) is 0 Å². The highest BCUT2D eigenvalue weighted by atomic mass is 35.5. The van der Waals surface area contributed by atoms with Crippen LogP contribution in [0.3, 0.4) is 0 Å². The Bertz CT molecular complexity index is 1050. The van der Waals surface area contributed by atoms with Crippen molar-refractivity contribution in [3.05, 3.63) is 65.0 Å². The number of urea groups is 2. The molecule has 0 bridgehead atoms. The average Bonchev–Trinajstić information content (AvgIpc) is 3.29. The number of benzene rings is 2. The number of anilines is 2. The summed E-state index contributed by atoms with van der Waals surface area (Å²) in [5, 5.41) is 9.74. The molecule has 0 spiro atoms. The van der Waals surface area contributed by atoms with Crippen molar-refractivity contribution in [1.29, 1.82) is 0 Å². The Morgan fingerprint density at radius 3 is 2.44 bits per heavy atom. The number of halogens is 1. The van der Waals surface area contributed by atoms with Gasteiger partial charge >= 0.3 is 12.1 Å². The van der Waals surface area contributed by atoms with Crippen LogP contribution in [-0.2, 0) is 0 Å². The maximum absolute atomic E-state index is 13.1. The maximum Gasteiger partial charge on any atom is 0.347 e. The quantitative estimate of drug-likeness (QED) is 0.406. The average molecular weight is 470 g/mol. The molecule has 1 aliphatic carbocycles. The van der Waals surface area contributed by atoms with Crippen molar-refractivity contribution in [3.63, 3.8) is 0 Å². The molecule has 1 saturated carbocycles. The Kier molecular flexibility index (Phi) is 7.24. The molecule has 166 valence electrons. The molecule has 7 nitrogen and oxygen atoms in total. The van der Waals surface area contributed by atoms with Gasteiger partial charge in [0.15, 0.2) is 0 Å². The van der Waals surface area contributed by atoms with E-state index in [-0.39, 0.29) is 6.04 Å². The molecule has 0 unspecified atom stereocenters. The fraction of sp³-hybridized carbons (Fsp3) is 0.261. The molecule has 9 heteroatoms. The van der Waals surface area contributed by atoms with Gasteiger partial charge in [0, 0.05) is 27.7 Å². The number of amides is 4. The van der Waals surface area contributed by atoms with Gasteiger partial charge in [0.1, 0.15) is 0 Å². The predicted molar refractivity (Wildman–Crippen MR) is 129 cm³/mol. The van der Waals surface area contributed by atoms with Crippen molar-refractivity contribution >= 4 is 45.8 Å². The van der Waals surface area contributed by atoms with Crippen LogP contribution in [0.1, 0.15) is 32.1 Å². The molecule has 3 N–H and O–H groups in total. The van der Waals surface area contributed by atoms with E-state index in [0.29, 0.717) is 21.5 Å². The molecule has 3 aromatic rings. The SMILES string of the molecule is O=C(NC1CCCCC1)NN(C(=O)Nc1ccccc1)c1nc(-c2ccc(Cl)cc2)cs1. The molecule has 4 amide bonds. The summed E-state index contributed by atoms with van der Waals surface area (Å²) in [6, 6.07) is 15.5. The zero-order valence-corrected chi connectivity index (χ0v) is 19.0. The van der Waals surface area contributed by atoms with Crippen LogP contribution in [0, 0.1) is 0 Å². The van der Waals surface area contributed by atoms with Gasteiger partial charge in [-0.3, -0.25) is 0 Å². The molecule has 0 saturated heterocycles. The van der Waals surface area contributed by atoms with E-state index in [1.807, 2.05) is 35.7 Å². The summed E-state index contributed by atoms with van der Waals surface area (Å²) in [7, 11) is 0. The molecule has 0 aliphatic heterocycles. The van der Waals surface area contributed by atoms with Gasteiger partial charge in [0.25, 0.3) is 0 Å². The van der Waals surface area contributed by atoms with E-state index >= 15 is 0 Å². The lowest BCUT2D eigenvalue weighted by Gasteiger charge is -2.26. The molecule has 1 aliphatic rings. The largest absolute Gasteiger partial charge is 0.347 e. The van der Waals surface area contributed by atoms with Gasteiger partial charge in [-0.15, -0.1) is 11.3 Å². The second-order valence-electron chi connectivity index (χ2n) is 7.57. The zero-order valence-electron chi connectivity index (χ0n) is 17.4. The molecule has 4 rings (SSSR count). The monoisotopic (exact) mass is 469 g/mol. The molecule has 32 heavy (non-hydrogen) atoms. The first-order valence-corrected chi connectivity index (χ1v) is 11.8. The number of nitrogens with zero attached hydrogens (tertiary/aromatic N) is 2. The molecule has 2 aromatic carbocycles. The first-order chi connectivity index (χ1) is 15.6. The van der Waals surface area contributed by atoms with Gasteiger partial charge in [0.05, 0.1) is 5.69 Å². The summed E-state index contributed by atoms with van der Waals surface area (Å²) in [6.45, 7) is 0. The van der Waals surface area contributed by atoms with Crippen LogP contribution in [-0.4, -0.2) is 23.1 Å². The van der Waals surface area contributed by atoms with E-state index in [0.717, 1.165) is 36.3 Å². The minimum Gasteiger partial charge on any atom is -0.334 e. The third-order valence-corrected chi connectivity index (χ3v) is 6.28. The third-order valence-electron chi connectivity index (χ3n) is 5.21. The van der Waals surface area contributed by atoms with E-state index in [2.05, 4.69) is 21.0 Å². The Morgan fingerprint density at radius 2 is 1.72 bits per heavy atom. The number of carbonyl (C=O) groups excluding carboxylic acids is 2. The fourth-order valence-electron chi connectivity index (χ4n) is 3.57.